The number of carboxylic acids is 1. The number of hydrogen-bond donors (Lipinski definition) is 2. The molecule has 0 aliphatic heterocycles. The molecule has 0 aliphatic rings. The summed E-state index contributed by atoms with van der Waals surface area (Å²) in [6.07, 6.45) is -6.87. The summed E-state index contributed by atoms with van der Waals surface area (Å²) in [6, 6.07) is 4.24. The number of benzene rings is 1. The minimum absolute atomic E-state index is 0.117. The maximum atomic E-state index is 12.0. The van der Waals surface area contributed by atoms with Crippen molar-refractivity contribution in [2.45, 2.75) is 31.5 Å². The molecule has 1 atom stereocenters. The number of aliphatic hydroxyl groups is 1. The average Bonchev–Trinajstić information content (AvgIpc) is 2.26. The predicted octanol–water partition coefficient (Wildman–Crippen LogP) is 3.91. The number of carboxylic acid groups (broad SMARTS) is 1. The van der Waals surface area contributed by atoms with Gasteiger partial charge in [0.15, 0.2) is 0 Å². The third kappa shape index (κ3) is 5.20. The van der Waals surface area contributed by atoms with Crippen molar-refractivity contribution in [3.63, 3.8) is 0 Å². The molecule has 1 aromatic carbocycles. The number of carbonyl (C=O) groups is 1. The molecule has 106 valence electrons. The Bertz CT molecular complexity index is 460. The van der Waals surface area contributed by atoms with Crippen LogP contribution in [-0.4, -0.2) is 22.4 Å². The van der Waals surface area contributed by atoms with E-state index in [1.807, 2.05) is 0 Å². The van der Waals surface area contributed by atoms with Crippen LogP contribution in [0.15, 0.2) is 22.7 Å². The number of aromatic carboxylic acids is 1. The molecule has 0 amide bonds. The Morgan fingerprint density at radius 1 is 1.37 bits per heavy atom. The molecule has 0 fully saturated rings. The summed E-state index contributed by atoms with van der Waals surface area (Å²) < 4.78 is 36.5. The van der Waals surface area contributed by atoms with Gasteiger partial charge >= 0.3 is 12.1 Å². The maximum Gasteiger partial charge on any atom is 0.389 e. The van der Waals surface area contributed by atoms with Crippen LogP contribution in [0.5, 0.6) is 0 Å². The van der Waals surface area contributed by atoms with Gasteiger partial charge in [-0.15, -0.1) is 0 Å². The summed E-state index contributed by atoms with van der Waals surface area (Å²) >= 11 is 3.10. The Hall–Kier alpha value is -1.08. The first-order valence-electron chi connectivity index (χ1n) is 5.48. The van der Waals surface area contributed by atoms with Gasteiger partial charge in [0.05, 0.1) is 11.7 Å². The topological polar surface area (TPSA) is 57.5 Å². The van der Waals surface area contributed by atoms with Gasteiger partial charge in [-0.1, -0.05) is 22.0 Å². The van der Waals surface area contributed by atoms with Gasteiger partial charge < -0.3 is 10.2 Å². The predicted molar refractivity (Wildman–Crippen MR) is 66.0 cm³/mol. The van der Waals surface area contributed by atoms with Crippen molar-refractivity contribution in [3.05, 3.63) is 33.8 Å². The maximum absolute atomic E-state index is 12.0. The standard InChI is InChI=1S/C12H12BrF3O3/c13-7-3-4-8(9(6-7)11(18)19)10(17)2-1-5-12(14,15)16/h3-4,6,10,17H,1-2,5H2,(H,18,19). The molecule has 1 rings (SSSR count). The summed E-state index contributed by atoms with van der Waals surface area (Å²) in [5.74, 6) is -1.23. The number of alkyl halides is 3. The van der Waals surface area contributed by atoms with Crippen LogP contribution in [0.3, 0.4) is 0 Å². The molecule has 0 aromatic heterocycles. The molecule has 0 spiro atoms. The zero-order valence-electron chi connectivity index (χ0n) is 9.75. The van der Waals surface area contributed by atoms with Crippen LogP contribution in [-0.2, 0) is 0 Å². The van der Waals surface area contributed by atoms with E-state index in [4.69, 9.17) is 5.11 Å². The molecule has 0 saturated heterocycles. The molecule has 0 heterocycles. The lowest BCUT2D eigenvalue weighted by atomic mass is 9.98. The number of halogens is 4. The van der Waals surface area contributed by atoms with Crippen molar-refractivity contribution in [3.8, 4) is 0 Å². The van der Waals surface area contributed by atoms with Gasteiger partial charge in [-0.25, -0.2) is 4.79 Å². The third-order valence-corrected chi connectivity index (χ3v) is 3.04. The largest absolute Gasteiger partial charge is 0.478 e. The van der Waals surface area contributed by atoms with Crippen LogP contribution in [0.1, 0.15) is 41.3 Å². The minimum Gasteiger partial charge on any atom is -0.478 e. The van der Waals surface area contributed by atoms with Gasteiger partial charge in [-0.2, -0.15) is 13.2 Å². The Labute approximate surface area is 116 Å². The molecule has 19 heavy (non-hydrogen) atoms. The molecule has 0 aliphatic carbocycles. The van der Waals surface area contributed by atoms with Crippen LogP contribution in [0.25, 0.3) is 0 Å². The minimum atomic E-state index is -4.27. The smallest absolute Gasteiger partial charge is 0.389 e. The molecular weight excluding hydrogens is 329 g/mol. The first-order valence-corrected chi connectivity index (χ1v) is 6.27. The van der Waals surface area contributed by atoms with Crippen molar-refractivity contribution in [1.82, 2.24) is 0 Å². The second-order valence-corrected chi connectivity index (χ2v) is 4.98. The third-order valence-electron chi connectivity index (χ3n) is 2.54. The van der Waals surface area contributed by atoms with E-state index in [-0.39, 0.29) is 24.0 Å². The SMILES string of the molecule is O=C(O)c1cc(Br)ccc1C(O)CCCC(F)(F)F. The second-order valence-electron chi connectivity index (χ2n) is 4.06. The Kier molecular flexibility index (Phi) is 5.37. The van der Waals surface area contributed by atoms with E-state index in [1.165, 1.54) is 18.2 Å². The van der Waals surface area contributed by atoms with Crippen molar-refractivity contribution in [2.24, 2.45) is 0 Å². The average molecular weight is 341 g/mol. The molecule has 3 nitrogen and oxygen atoms in total. The van der Waals surface area contributed by atoms with Crippen molar-refractivity contribution in [1.29, 1.82) is 0 Å². The van der Waals surface area contributed by atoms with E-state index < -0.39 is 24.7 Å². The summed E-state index contributed by atoms with van der Waals surface area (Å²) in [6.45, 7) is 0. The Balaban J connectivity index is 2.76. The number of aliphatic hydroxyl groups excluding tert-OH is 1. The molecule has 0 bridgehead atoms. The number of rotatable bonds is 5. The zero-order chi connectivity index (χ0) is 14.6. The molecule has 0 saturated carbocycles. The van der Waals surface area contributed by atoms with Gasteiger partial charge in [0.1, 0.15) is 0 Å². The molecular formula is C12H12BrF3O3. The molecule has 0 radical (unpaired) electrons. The number of hydrogen-bond acceptors (Lipinski definition) is 2. The van der Waals surface area contributed by atoms with E-state index in [9.17, 15) is 23.1 Å². The first kappa shape index (κ1) is 16.0. The summed E-state index contributed by atoms with van der Waals surface area (Å²) in [4.78, 5) is 11.0. The van der Waals surface area contributed by atoms with Gasteiger partial charge in [0.2, 0.25) is 0 Å². The van der Waals surface area contributed by atoms with Gasteiger partial charge in [0, 0.05) is 10.9 Å². The van der Waals surface area contributed by atoms with Crippen molar-refractivity contribution < 1.29 is 28.2 Å². The van der Waals surface area contributed by atoms with E-state index >= 15 is 0 Å². The fourth-order valence-electron chi connectivity index (χ4n) is 1.66. The monoisotopic (exact) mass is 340 g/mol. The summed E-state index contributed by atoms with van der Waals surface area (Å²) in [5.41, 5.74) is 0.00626. The van der Waals surface area contributed by atoms with E-state index in [0.717, 1.165) is 0 Å². The van der Waals surface area contributed by atoms with Crippen LogP contribution in [0, 0.1) is 0 Å². The van der Waals surface area contributed by atoms with E-state index in [0.29, 0.717) is 4.47 Å². The molecule has 7 heteroatoms. The normalized spacial score (nSPS) is 13.3. The Morgan fingerprint density at radius 2 is 2.00 bits per heavy atom. The lowest BCUT2D eigenvalue weighted by molar-refractivity contribution is -0.136. The van der Waals surface area contributed by atoms with Crippen LogP contribution < -0.4 is 0 Å². The van der Waals surface area contributed by atoms with Crippen LogP contribution in [0.4, 0.5) is 13.2 Å². The zero-order valence-corrected chi connectivity index (χ0v) is 11.3. The van der Waals surface area contributed by atoms with Gasteiger partial charge in [-0.05, 0) is 30.5 Å². The molecule has 1 unspecified atom stereocenters. The van der Waals surface area contributed by atoms with Crippen molar-refractivity contribution >= 4 is 21.9 Å². The molecule has 1 aromatic rings. The lowest BCUT2D eigenvalue weighted by Crippen LogP contribution is -2.10. The summed E-state index contributed by atoms with van der Waals surface area (Å²) in [5, 5.41) is 18.8. The fraction of sp³-hybridized carbons (Fsp3) is 0.417. The van der Waals surface area contributed by atoms with E-state index in [1.54, 1.807) is 0 Å². The van der Waals surface area contributed by atoms with Gasteiger partial charge in [-0.3, -0.25) is 0 Å². The molecule has 2 N–H and O–H groups in total. The quantitative estimate of drug-likeness (QED) is 0.854. The summed E-state index contributed by atoms with van der Waals surface area (Å²) in [7, 11) is 0. The van der Waals surface area contributed by atoms with Crippen LogP contribution in [0.2, 0.25) is 0 Å². The highest BCUT2D eigenvalue weighted by Crippen LogP contribution is 2.29. The Morgan fingerprint density at radius 3 is 2.53 bits per heavy atom. The second kappa shape index (κ2) is 6.38. The van der Waals surface area contributed by atoms with Crippen LogP contribution >= 0.6 is 15.9 Å². The van der Waals surface area contributed by atoms with Crippen molar-refractivity contribution in [2.75, 3.05) is 0 Å². The van der Waals surface area contributed by atoms with E-state index in [2.05, 4.69) is 15.9 Å². The fourth-order valence-corrected chi connectivity index (χ4v) is 2.02. The van der Waals surface area contributed by atoms with Gasteiger partial charge in [0.25, 0.3) is 0 Å². The first-order chi connectivity index (χ1) is 8.70. The highest BCUT2D eigenvalue weighted by molar-refractivity contribution is 9.10. The highest BCUT2D eigenvalue weighted by Gasteiger charge is 2.27. The lowest BCUT2D eigenvalue weighted by Gasteiger charge is -2.14. The highest BCUT2D eigenvalue weighted by atomic mass is 79.9.